The predicted molar refractivity (Wildman–Crippen MR) is 58.0 cm³/mol. The number of carboxylic acids is 1. The number of carboxylic acid groups (broad SMARTS) is 1. The molecule has 1 aromatic rings. The topological polar surface area (TPSA) is 77.8 Å². The zero-order valence-electron chi connectivity index (χ0n) is 8.07. The van der Waals surface area contributed by atoms with Crippen LogP contribution in [0.2, 0.25) is 0 Å². The van der Waals surface area contributed by atoms with Gasteiger partial charge in [-0.2, -0.15) is 0 Å². The van der Waals surface area contributed by atoms with Crippen molar-refractivity contribution in [2.24, 2.45) is 5.92 Å². The maximum absolute atomic E-state index is 10.6. The number of phenols is 2. The molecular formula is C10H11BrO4. The summed E-state index contributed by atoms with van der Waals surface area (Å²) in [6.45, 7) is 1.54. The van der Waals surface area contributed by atoms with E-state index in [-0.39, 0.29) is 17.9 Å². The standard InChI is InChI=1S/C10H11BrO4/c1-5(10(14)15)4-6-2-3-7(11)9(13)8(6)12/h2-3,5,12-13H,4H2,1H3,(H,14,15). The van der Waals surface area contributed by atoms with Crippen molar-refractivity contribution in [1.29, 1.82) is 0 Å². The normalized spacial score (nSPS) is 12.4. The van der Waals surface area contributed by atoms with Gasteiger partial charge in [0.1, 0.15) is 0 Å². The number of phenolic OH excluding ortho intramolecular Hbond substituents is 2. The van der Waals surface area contributed by atoms with E-state index in [2.05, 4.69) is 15.9 Å². The summed E-state index contributed by atoms with van der Waals surface area (Å²) >= 11 is 3.05. The van der Waals surface area contributed by atoms with Gasteiger partial charge < -0.3 is 15.3 Å². The quantitative estimate of drug-likeness (QED) is 0.738. The van der Waals surface area contributed by atoms with Crippen molar-refractivity contribution in [1.82, 2.24) is 0 Å². The number of halogens is 1. The first-order valence-corrected chi connectivity index (χ1v) is 5.15. The Hall–Kier alpha value is -1.23. The van der Waals surface area contributed by atoms with Crippen LogP contribution < -0.4 is 0 Å². The first kappa shape index (κ1) is 11.8. The van der Waals surface area contributed by atoms with Crippen LogP contribution in [0.3, 0.4) is 0 Å². The fraction of sp³-hybridized carbons (Fsp3) is 0.300. The maximum atomic E-state index is 10.6. The Morgan fingerprint density at radius 1 is 1.40 bits per heavy atom. The fourth-order valence-electron chi connectivity index (χ4n) is 1.18. The first-order chi connectivity index (χ1) is 6.93. The Labute approximate surface area is 95.3 Å². The molecule has 0 fully saturated rings. The van der Waals surface area contributed by atoms with E-state index >= 15 is 0 Å². The van der Waals surface area contributed by atoms with Crippen LogP contribution in [-0.4, -0.2) is 21.3 Å². The molecule has 0 aromatic heterocycles. The van der Waals surface area contributed by atoms with Crippen LogP contribution in [0.4, 0.5) is 0 Å². The number of aromatic hydroxyl groups is 2. The monoisotopic (exact) mass is 274 g/mol. The number of benzene rings is 1. The molecule has 0 radical (unpaired) electrons. The summed E-state index contributed by atoms with van der Waals surface area (Å²) in [6, 6.07) is 3.15. The third-order valence-corrected chi connectivity index (χ3v) is 2.77. The highest BCUT2D eigenvalue weighted by atomic mass is 79.9. The van der Waals surface area contributed by atoms with Crippen LogP contribution in [0, 0.1) is 5.92 Å². The average molecular weight is 275 g/mol. The van der Waals surface area contributed by atoms with Gasteiger partial charge in [0, 0.05) is 0 Å². The second kappa shape index (κ2) is 4.53. The van der Waals surface area contributed by atoms with Crippen LogP contribution in [0.5, 0.6) is 11.5 Å². The van der Waals surface area contributed by atoms with Gasteiger partial charge in [0.25, 0.3) is 0 Å². The van der Waals surface area contributed by atoms with E-state index in [0.717, 1.165) is 0 Å². The SMILES string of the molecule is CC(Cc1ccc(Br)c(O)c1O)C(=O)O. The number of aliphatic carboxylic acids is 1. The van der Waals surface area contributed by atoms with E-state index in [4.69, 9.17) is 5.11 Å². The number of hydrogen-bond acceptors (Lipinski definition) is 3. The van der Waals surface area contributed by atoms with Crippen molar-refractivity contribution in [3.8, 4) is 11.5 Å². The van der Waals surface area contributed by atoms with Gasteiger partial charge in [-0.3, -0.25) is 4.79 Å². The van der Waals surface area contributed by atoms with E-state index in [9.17, 15) is 15.0 Å². The number of rotatable bonds is 3. The van der Waals surface area contributed by atoms with Crippen molar-refractivity contribution in [3.63, 3.8) is 0 Å². The third kappa shape index (κ3) is 2.62. The van der Waals surface area contributed by atoms with Gasteiger partial charge in [0.05, 0.1) is 10.4 Å². The molecule has 0 heterocycles. The highest BCUT2D eigenvalue weighted by Gasteiger charge is 2.16. The van der Waals surface area contributed by atoms with Crippen LogP contribution in [0.25, 0.3) is 0 Å². The van der Waals surface area contributed by atoms with Gasteiger partial charge >= 0.3 is 5.97 Å². The van der Waals surface area contributed by atoms with Crippen LogP contribution in [0.1, 0.15) is 12.5 Å². The lowest BCUT2D eigenvalue weighted by molar-refractivity contribution is -0.141. The summed E-state index contributed by atoms with van der Waals surface area (Å²) in [5, 5.41) is 27.6. The molecule has 1 unspecified atom stereocenters. The summed E-state index contributed by atoms with van der Waals surface area (Å²) in [4.78, 5) is 10.6. The molecule has 0 bridgehead atoms. The Balaban J connectivity index is 2.97. The molecule has 0 spiro atoms. The summed E-state index contributed by atoms with van der Waals surface area (Å²) in [7, 11) is 0. The van der Waals surface area contributed by atoms with E-state index in [1.807, 2.05) is 0 Å². The molecule has 1 aromatic carbocycles. The molecule has 3 N–H and O–H groups in total. The zero-order valence-corrected chi connectivity index (χ0v) is 9.65. The molecule has 5 heteroatoms. The average Bonchev–Trinajstić information content (AvgIpc) is 2.18. The minimum absolute atomic E-state index is 0.183. The number of hydrogen-bond donors (Lipinski definition) is 3. The van der Waals surface area contributed by atoms with Gasteiger partial charge in [-0.1, -0.05) is 13.0 Å². The van der Waals surface area contributed by atoms with Gasteiger partial charge in [-0.05, 0) is 34.0 Å². The van der Waals surface area contributed by atoms with Gasteiger partial charge in [0.15, 0.2) is 11.5 Å². The molecule has 15 heavy (non-hydrogen) atoms. The van der Waals surface area contributed by atoms with E-state index in [0.29, 0.717) is 10.0 Å². The lowest BCUT2D eigenvalue weighted by Crippen LogP contribution is -2.12. The largest absolute Gasteiger partial charge is 0.504 e. The highest BCUT2D eigenvalue weighted by Crippen LogP contribution is 2.36. The Morgan fingerprint density at radius 3 is 2.53 bits per heavy atom. The summed E-state index contributed by atoms with van der Waals surface area (Å²) in [6.07, 6.45) is 0.183. The molecule has 0 saturated heterocycles. The van der Waals surface area contributed by atoms with Crippen LogP contribution in [0.15, 0.2) is 16.6 Å². The molecule has 82 valence electrons. The lowest BCUT2D eigenvalue weighted by Gasteiger charge is -2.09. The van der Waals surface area contributed by atoms with Gasteiger partial charge in [-0.15, -0.1) is 0 Å². The molecule has 4 nitrogen and oxygen atoms in total. The number of carbonyl (C=O) groups is 1. The minimum Gasteiger partial charge on any atom is -0.504 e. The Kier molecular flexibility index (Phi) is 3.57. The van der Waals surface area contributed by atoms with Crippen molar-refractivity contribution in [3.05, 3.63) is 22.2 Å². The summed E-state index contributed by atoms with van der Waals surface area (Å²) < 4.78 is 0.381. The third-order valence-electron chi connectivity index (χ3n) is 2.13. The Morgan fingerprint density at radius 2 is 2.00 bits per heavy atom. The maximum Gasteiger partial charge on any atom is 0.306 e. The molecule has 0 saturated carbocycles. The molecular weight excluding hydrogens is 264 g/mol. The van der Waals surface area contributed by atoms with Gasteiger partial charge in [0.2, 0.25) is 0 Å². The van der Waals surface area contributed by atoms with Crippen LogP contribution >= 0.6 is 15.9 Å². The fourth-order valence-corrected chi connectivity index (χ4v) is 1.50. The van der Waals surface area contributed by atoms with Crippen molar-refractivity contribution in [2.45, 2.75) is 13.3 Å². The molecule has 1 atom stereocenters. The van der Waals surface area contributed by atoms with Gasteiger partial charge in [-0.25, -0.2) is 0 Å². The zero-order chi connectivity index (χ0) is 11.6. The molecule has 0 aliphatic carbocycles. The van der Waals surface area contributed by atoms with Crippen LogP contribution in [-0.2, 0) is 11.2 Å². The molecule has 1 rings (SSSR count). The van der Waals surface area contributed by atoms with Crippen molar-refractivity contribution >= 4 is 21.9 Å². The second-order valence-electron chi connectivity index (χ2n) is 3.35. The second-order valence-corrected chi connectivity index (χ2v) is 4.20. The highest BCUT2D eigenvalue weighted by molar-refractivity contribution is 9.10. The first-order valence-electron chi connectivity index (χ1n) is 4.35. The lowest BCUT2D eigenvalue weighted by atomic mass is 10.0. The van der Waals surface area contributed by atoms with Crippen molar-refractivity contribution in [2.75, 3.05) is 0 Å². The van der Waals surface area contributed by atoms with E-state index < -0.39 is 11.9 Å². The summed E-state index contributed by atoms with van der Waals surface area (Å²) in [5.74, 6) is -2.06. The molecule has 0 aliphatic heterocycles. The van der Waals surface area contributed by atoms with E-state index in [1.54, 1.807) is 19.1 Å². The molecule has 0 amide bonds. The Bertz CT molecular complexity index is 389. The van der Waals surface area contributed by atoms with E-state index in [1.165, 1.54) is 0 Å². The molecule has 0 aliphatic rings. The minimum atomic E-state index is -0.934. The predicted octanol–water partition coefficient (Wildman–Crippen LogP) is 2.12. The van der Waals surface area contributed by atoms with Crippen molar-refractivity contribution < 1.29 is 20.1 Å². The smallest absolute Gasteiger partial charge is 0.306 e. The summed E-state index contributed by atoms with van der Waals surface area (Å²) in [5.41, 5.74) is 0.422.